The molecular formula is C15H21BrN2O. The van der Waals surface area contributed by atoms with Gasteiger partial charge in [0.1, 0.15) is 0 Å². The molecule has 104 valence electrons. The molecule has 1 aliphatic rings. The lowest BCUT2D eigenvalue weighted by molar-refractivity contribution is -0.122. The van der Waals surface area contributed by atoms with Gasteiger partial charge in [0.25, 0.3) is 0 Å². The van der Waals surface area contributed by atoms with Gasteiger partial charge in [0.2, 0.25) is 5.91 Å². The number of carbonyl (C=O) groups excluding carboxylic acids is 1. The SMILES string of the molecule is Cc1ccc(NC(=O)C2CCCCC2CN)cc1Br. The lowest BCUT2D eigenvalue weighted by Crippen LogP contribution is -2.35. The molecule has 0 aromatic heterocycles. The highest BCUT2D eigenvalue weighted by atomic mass is 79.9. The van der Waals surface area contributed by atoms with Crippen LogP contribution >= 0.6 is 15.9 Å². The summed E-state index contributed by atoms with van der Waals surface area (Å²) >= 11 is 3.49. The van der Waals surface area contributed by atoms with E-state index in [1.54, 1.807) is 0 Å². The van der Waals surface area contributed by atoms with Crippen LogP contribution in [0.4, 0.5) is 5.69 Å². The summed E-state index contributed by atoms with van der Waals surface area (Å²) in [5, 5.41) is 3.02. The van der Waals surface area contributed by atoms with E-state index >= 15 is 0 Å². The van der Waals surface area contributed by atoms with E-state index in [9.17, 15) is 4.79 Å². The van der Waals surface area contributed by atoms with E-state index in [-0.39, 0.29) is 11.8 Å². The van der Waals surface area contributed by atoms with Crippen LogP contribution in [0.2, 0.25) is 0 Å². The molecule has 1 aromatic rings. The summed E-state index contributed by atoms with van der Waals surface area (Å²) in [4.78, 5) is 12.4. The van der Waals surface area contributed by atoms with Crippen molar-refractivity contribution in [1.82, 2.24) is 0 Å². The highest BCUT2D eigenvalue weighted by Gasteiger charge is 2.29. The van der Waals surface area contributed by atoms with Crippen molar-refractivity contribution in [3.05, 3.63) is 28.2 Å². The van der Waals surface area contributed by atoms with Crippen molar-refractivity contribution in [1.29, 1.82) is 0 Å². The van der Waals surface area contributed by atoms with Gasteiger partial charge in [-0.05, 0) is 49.9 Å². The highest BCUT2D eigenvalue weighted by Crippen LogP contribution is 2.30. The van der Waals surface area contributed by atoms with Crippen molar-refractivity contribution in [3.63, 3.8) is 0 Å². The predicted octanol–water partition coefficient (Wildman–Crippen LogP) is 3.46. The van der Waals surface area contributed by atoms with Crippen molar-refractivity contribution in [2.24, 2.45) is 17.6 Å². The molecule has 0 heterocycles. The van der Waals surface area contributed by atoms with E-state index in [2.05, 4.69) is 21.2 Å². The van der Waals surface area contributed by atoms with Gasteiger partial charge in [0.15, 0.2) is 0 Å². The zero-order valence-corrected chi connectivity index (χ0v) is 12.9. The molecule has 0 bridgehead atoms. The number of hydrogen-bond donors (Lipinski definition) is 2. The maximum Gasteiger partial charge on any atom is 0.227 e. The van der Waals surface area contributed by atoms with Crippen LogP contribution in [0.25, 0.3) is 0 Å². The topological polar surface area (TPSA) is 55.1 Å². The van der Waals surface area contributed by atoms with Crippen LogP contribution in [0.5, 0.6) is 0 Å². The van der Waals surface area contributed by atoms with Crippen molar-refractivity contribution in [2.45, 2.75) is 32.6 Å². The second-order valence-electron chi connectivity index (χ2n) is 5.34. The molecule has 3 nitrogen and oxygen atoms in total. The van der Waals surface area contributed by atoms with E-state index in [4.69, 9.17) is 5.73 Å². The summed E-state index contributed by atoms with van der Waals surface area (Å²) < 4.78 is 1.02. The van der Waals surface area contributed by atoms with Gasteiger partial charge in [-0.2, -0.15) is 0 Å². The third kappa shape index (κ3) is 3.57. The van der Waals surface area contributed by atoms with Crippen molar-refractivity contribution < 1.29 is 4.79 Å². The molecule has 0 spiro atoms. The summed E-state index contributed by atoms with van der Waals surface area (Å²) in [7, 11) is 0. The summed E-state index contributed by atoms with van der Waals surface area (Å²) in [5.74, 6) is 0.521. The molecule has 3 N–H and O–H groups in total. The highest BCUT2D eigenvalue weighted by molar-refractivity contribution is 9.10. The van der Waals surface area contributed by atoms with Gasteiger partial charge in [-0.3, -0.25) is 4.79 Å². The second-order valence-corrected chi connectivity index (χ2v) is 6.19. The van der Waals surface area contributed by atoms with Gasteiger partial charge in [0.05, 0.1) is 0 Å². The number of rotatable bonds is 3. The van der Waals surface area contributed by atoms with Gasteiger partial charge in [-0.1, -0.05) is 34.8 Å². The van der Waals surface area contributed by atoms with Crippen LogP contribution in [-0.2, 0) is 4.79 Å². The first-order valence-electron chi connectivity index (χ1n) is 6.89. The van der Waals surface area contributed by atoms with Crippen molar-refractivity contribution in [3.8, 4) is 0 Å². The summed E-state index contributed by atoms with van der Waals surface area (Å²) in [6.45, 7) is 2.64. The van der Waals surface area contributed by atoms with E-state index in [1.165, 1.54) is 6.42 Å². The first-order chi connectivity index (χ1) is 9.11. The summed E-state index contributed by atoms with van der Waals surface area (Å²) in [6.07, 6.45) is 4.36. The number of aryl methyl sites for hydroxylation is 1. The molecule has 2 unspecified atom stereocenters. The Hall–Kier alpha value is -0.870. The molecule has 0 radical (unpaired) electrons. The van der Waals surface area contributed by atoms with Crippen LogP contribution in [-0.4, -0.2) is 12.5 Å². The fourth-order valence-corrected chi connectivity index (χ4v) is 3.12. The minimum Gasteiger partial charge on any atom is -0.330 e. The molecule has 4 heteroatoms. The third-order valence-corrected chi connectivity index (χ3v) is 4.84. The van der Waals surface area contributed by atoms with E-state index < -0.39 is 0 Å². The van der Waals surface area contributed by atoms with E-state index in [0.717, 1.165) is 35.0 Å². The minimum absolute atomic E-state index is 0.0684. The molecule has 2 atom stereocenters. The quantitative estimate of drug-likeness (QED) is 0.894. The average Bonchev–Trinajstić information content (AvgIpc) is 2.43. The average molecular weight is 325 g/mol. The molecule has 1 aromatic carbocycles. The Balaban J connectivity index is 2.05. The summed E-state index contributed by atoms with van der Waals surface area (Å²) in [6, 6.07) is 5.90. The smallest absolute Gasteiger partial charge is 0.227 e. The van der Waals surface area contributed by atoms with Gasteiger partial charge in [0, 0.05) is 16.1 Å². The van der Waals surface area contributed by atoms with Gasteiger partial charge in [-0.25, -0.2) is 0 Å². The Bertz CT molecular complexity index is 461. The number of amides is 1. The van der Waals surface area contributed by atoms with Crippen LogP contribution in [0.15, 0.2) is 22.7 Å². The van der Waals surface area contributed by atoms with Gasteiger partial charge < -0.3 is 11.1 Å². The Kier molecular flexibility index (Phi) is 4.99. The molecule has 0 saturated heterocycles. The number of halogens is 1. The van der Waals surface area contributed by atoms with Crippen molar-refractivity contribution in [2.75, 3.05) is 11.9 Å². The fraction of sp³-hybridized carbons (Fsp3) is 0.533. The van der Waals surface area contributed by atoms with Crippen LogP contribution in [0, 0.1) is 18.8 Å². The number of nitrogens with one attached hydrogen (secondary N) is 1. The lowest BCUT2D eigenvalue weighted by Gasteiger charge is -2.29. The Morgan fingerprint density at radius 2 is 2.16 bits per heavy atom. The zero-order valence-electron chi connectivity index (χ0n) is 11.3. The molecule has 1 saturated carbocycles. The Labute approximate surface area is 123 Å². The molecule has 1 amide bonds. The lowest BCUT2D eigenvalue weighted by atomic mass is 9.78. The molecule has 1 fully saturated rings. The normalized spacial score (nSPS) is 23.1. The standard InChI is InChI=1S/C15H21BrN2O/c1-10-6-7-12(8-14(10)16)18-15(19)13-5-3-2-4-11(13)9-17/h6-8,11,13H,2-5,9,17H2,1H3,(H,18,19). The molecule has 2 rings (SSSR count). The fourth-order valence-electron chi connectivity index (χ4n) is 2.74. The monoisotopic (exact) mass is 324 g/mol. The van der Waals surface area contributed by atoms with Gasteiger partial charge >= 0.3 is 0 Å². The van der Waals surface area contributed by atoms with Crippen LogP contribution in [0.3, 0.4) is 0 Å². The first-order valence-corrected chi connectivity index (χ1v) is 7.68. The molecule has 0 aliphatic heterocycles. The predicted molar refractivity (Wildman–Crippen MR) is 82.0 cm³/mol. The maximum atomic E-state index is 12.4. The molecule has 1 aliphatic carbocycles. The largest absolute Gasteiger partial charge is 0.330 e. The van der Waals surface area contributed by atoms with Crippen LogP contribution in [0.1, 0.15) is 31.2 Å². The minimum atomic E-state index is 0.0684. The number of carbonyl (C=O) groups is 1. The first kappa shape index (κ1) is 14.5. The Morgan fingerprint density at radius 1 is 1.42 bits per heavy atom. The summed E-state index contributed by atoms with van der Waals surface area (Å²) in [5.41, 5.74) is 7.79. The molecular weight excluding hydrogens is 304 g/mol. The number of anilines is 1. The zero-order chi connectivity index (χ0) is 13.8. The van der Waals surface area contributed by atoms with E-state index in [0.29, 0.717) is 12.5 Å². The maximum absolute atomic E-state index is 12.4. The van der Waals surface area contributed by atoms with Crippen molar-refractivity contribution >= 4 is 27.5 Å². The third-order valence-electron chi connectivity index (χ3n) is 3.99. The molecule has 19 heavy (non-hydrogen) atoms. The van der Waals surface area contributed by atoms with Gasteiger partial charge in [-0.15, -0.1) is 0 Å². The van der Waals surface area contributed by atoms with Crippen LogP contribution < -0.4 is 11.1 Å². The van der Waals surface area contributed by atoms with E-state index in [1.807, 2.05) is 25.1 Å². The Morgan fingerprint density at radius 3 is 2.84 bits per heavy atom. The number of benzene rings is 1. The second kappa shape index (κ2) is 6.53. The number of hydrogen-bond acceptors (Lipinski definition) is 2. The number of nitrogens with two attached hydrogens (primary N) is 1.